The van der Waals surface area contributed by atoms with E-state index in [2.05, 4.69) is 15.8 Å². The topological polar surface area (TPSA) is 134 Å². The van der Waals surface area contributed by atoms with Gasteiger partial charge in [0.25, 0.3) is 0 Å². The summed E-state index contributed by atoms with van der Waals surface area (Å²) in [4.78, 5) is 26.7. The summed E-state index contributed by atoms with van der Waals surface area (Å²) in [6.45, 7) is 8.79. The van der Waals surface area contributed by atoms with Crippen LogP contribution in [0.2, 0.25) is 0 Å². The monoisotopic (exact) mass is 455 g/mol. The molecule has 0 spiro atoms. The van der Waals surface area contributed by atoms with E-state index >= 15 is 0 Å². The van der Waals surface area contributed by atoms with Crippen molar-refractivity contribution in [2.24, 2.45) is 0 Å². The second-order valence-electron chi connectivity index (χ2n) is 7.51. The first-order valence-corrected chi connectivity index (χ1v) is 11.8. The van der Waals surface area contributed by atoms with Crippen molar-refractivity contribution in [2.45, 2.75) is 45.1 Å². The number of hydrogen-bond donors (Lipinski definition) is 2. The molecule has 12 heteroatoms. The molecule has 172 valence electrons. The van der Waals surface area contributed by atoms with Crippen molar-refractivity contribution in [3.63, 3.8) is 0 Å². The third-order valence-corrected chi connectivity index (χ3v) is 7.57. The van der Waals surface area contributed by atoms with Crippen LogP contribution in [-0.2, 0) is 19.6 Å². The first-order chi connectivity index (χ1) is 14.7. The van der Waals surface area contributed by atoms with E-state index in [0.717, 1.165) is 0 Å². The number of nitrogens with one attached hydrogen (secondary N) is 2. The predicted molar refractivity (Wildman–Crippen MR) is 111 cm³/mol. The Morgan fingerprint density at radius 2 is 1.90 bits per heavy atom. The molecule has 0 aromatic carbocycles. The van der Waals surface area contributed by atoms with Gasteiger partial charge in [0.1, 0.15) is 10.6 Å². The van der Waals surface area contributed by atoms with Gasteiger partial charge < -0.3 is 19.9 Å². The Morgan fingerprint density at radius 3 is 2.45 bits per heavy atom. The highest BCUT2D eigenvalue weighted by molar-refractivity contribution is 7.89. The van der Waals surface area contributed by atoms with Gasteiger partial charge in [0.05, 0.1) is 18.2 Å². The van der Waals surface area contributed by atoms with E-state index in [4.69, 9.17) is 9.26 Å². The summed E-state index contributed by atoms with van der Waals surface area (Å²) in [5.74, 6) is -0.191. The highest BCUT2D eigenvalue weighted by Gasteiger charge is 2.35. The van der Waals surface area contributed by atoms with Crippen LogP contribution in [0, 0.1) is 13.8 Å². The molecule has 1 aromatic rings. The van der Waals surface area contributed by atoms with Crippen LogP contribution in [-0.4, -0.2) is 80.2 Å². The van der Waals surface area contributed by atoms with Crippen LogP contribution in [0.4, 0.5) is 4.79 Å². The van der Waals surface area contributed by atoms with Crippen LogP contribution in [0.3, 0.4) is 0 Å². The molecule has 0 radical (unpaired) electrons. The standard InChI is InChI=1S/C19H29N5O6S/c1-5-14-16(18(25)29-6-2)15(21-19(26)20-14)11-23-7-9-24(10-8-23)31(27,28)17-12(3)22-30-13(17)4/h14H,5-11H2,1-4H3,(H2,20,21,26)/t14-/m0/s1. The summed E-state index contributed by atoms with van der Waals surface area (Å²) in [7, 11) is -3.71. The predicted octanol–water partition coefficient (Wildman–Crippen LogP) is 0.506. The molecule has 3 heterocycles. The summed E-state index contributed by atoms with van der Waals surface area (Å²) < 4.78 is 37.6. The number of ether oxygens (including phenoxy) is 1. The second-order valence-corrected chi connectivity index (χ2v) is 9.38. The lowest BCUT2D eigenvalue weighted by Crippen LogP contribution is -2.54. The largest absolute Gasteiger partial charge is 0.463 e. The van der Waals surface area contributed by atoms with E-state index in [1.165, 1.54) is 4.31 Å². The van der Waals surface area contributed by atoms with Crippen LogP contribution in [0.5, 0.6) is 0 Å². The van der Waals surface area contributed by atoms with E-state index in [9.17, 15) is 18.0 Å². The number of urea groups is 1. The van der Waals surface area contributed by atoms with Crippen molar-refractivity contribution >= 4 is 22.0 Å². The van der Waals surface area contributed by atoms with Gasteiger partial charge in [-0.05, 0) is 27.2 Å². The Bertz CT molecular complexity index is 958. The van der Waals surface area contributed by atoms with Crippen molar-refractivity contribution in [3.05, 3.63) is 22.7 Å². The Hall–Kier alpha value is -2.44. The normalized spacial score (nSPS) is 21.0. The van der Waals surface area contributed by atoms with E-state index in [-0.39, 0.29) is 36.4 Å². The molecule has 1 aromatic heterocycles. The lowest BCUT2D eigenvalue weighted by atomic mass is 10.00. The van der Waals surface area contributed by atoms with Gasteiger partial charge in [0.2, 0.25) is 10.0 Å². The van der Waals surface area contributed by atoms with Gasteiger partial charge in [-0.3, -0.25) is 4.90 Å². The number of rotatable bonds is 7. The van der Waals surface area contributed by atoms with Crippen LogP contribution in [0.25, 0.3) is 0 Å². The van der Waals surface area contributed by atoms with Gasteiger partial charge in [-0.15, -0.1) is 0 Å². The molecule has 31 heavy (non-hydrogen) atoms. The van der Waals surface area contributed by atoms with Gasteiger partial charge in [-0.1, -0.05) is 12.1 Å². The minimum absolute atomic E-state index is 0.115. The molecular weight excluding hydrogens is 426 g/mol. The number of amides is 2. The van der Waals surface area contributed by atoms with Crippen molar-refractivity contribution in [1.82, 2.24) is 25.0 Å². The minimum atomic E-state index is -3.71. The minimum Gasteiger partial charge on any atom is -0.463 e. The number of carbonyl (C=O) groups excluding carboxylic acids is 2. The first-order valence-electron chi connectivity index (χ1n) is 10.3. The molecule has 0 unspecified atom stereocenters. The van der Waals surface area contributed by atoms with Crippen LogP contribution in [0.15, 0.2) is 20.7 Å². The Kier molecular flexibility index (Phi) is 7.02. The molecule has 1 atom stereocenters. The summed E-state index contributed by atoms with van der Waals surface area (Å²) in [6.07, 6.45) is 0.550. The highest BCUT2D eigenvalue weighted by Crippen LogP contribution is 2.25. The number of esters is 1. The fraction of sp³-hybridized carbons (Fsp3) is 0.632. The average Bonchev–Trinajstić information content (AvgIpc) is 3.06. The Morgan fingerprint density at radius 1 is 1.23 bits per heavy atom. The third-order valence-electron chi connectivity index (χ3n) is 5.43. The van der Waals surface area contributed by atoms with Crippen LogP contribution >= 0.6 is 0 Å². The van der Waals surface area contributed by atoms with Crippen molar-refractivity contribution in [2.75, 3.05) is 39.3 Å². The summed E-state index contributed by atoms with van der Waals surface area (Å²) in [5.41, 5.74) is 1.25. The molecule has 2 aliphatic heterocycles. The maximum absolute atomic E-state index is 13.0. The molecule has 1 saturated heterocycles. The second kappa shape index (κ2) is 9.37. The average molecular weight is 456 g/mol. The van der Waals surface area contributed by atoms with Crippen LogP contribution in [0.1, 0.15) is 31.7 Å². The molecule has 0 aliphatic carbocycles. The van der Waals surface area contributed by atoms with Crippen molar-refractivity contribution in [1.29, 1.82) is 0 Å². The zero-order valence-corrected chi connectivity index (χ0v) is 19.0. The molecule has 11 nitrogen and oxygen atoms in total. The number of piperazine rings is 1. The molecule has 2 aliphatic rings. The first kappa shape index (κ1) is 23.2. The molecular formula is C19H29N5O6S. The van der Waals surface area contributed by atoms with Gasteiger partial charge in [0.15, 0.2) is 5.76 Å². The number of nitrogens with zero attached hydrogens (tertiary/aromatic N) is 3. The van der Waals surface area contributed by atoms with Crippen molar-refractivity contribution < 1.29 is 27.3 Å². The number of sulfonamides is 1. The van der Waals surface area contributed by atoms with Gasteiger partial charge in [-0.2, -0.15) is 4.31 Å². The summed E-state index contributed by atoms with van der Waals surface area (Å²) in [5, 5.41) is 9.22. The van der Waals surface area contributed by atoms with E-state index in [1.54, 1.807) is 20.8 Å². The molecule has 3 rings (SSSR count). The molecule has 1 fully saturated rings. The molecule has 2 amide bonds. The van der Waals surface area contributed by atoms with Gasteiger partial charge in [-0.25, -0.2) is 18.0 Å². The third kappa shape index (κ3) is 4.75. The molecule has 0 bridgehead atoms. The molecule has 2 N–H and O–H groups in total. The maximum Gasteiger partial charge on any atom is 0.337 e. The van der Waals surface area contributed by atoms with E-state index in [0.29, 0.717) is 43.0 Å². The zero-order valence-electron chi connectivity index (χ0n) is 18.2. The zero-order chi connectivity index (χ0) is 22.8. The Labute approximate surface area is 181 Å². The fourth-order valence-corrected chi connectivity index (χ4v) is 5.62. The lowest BCUT2D eigenvalue weighted by Gasteiger charge is -2.36. The quantitative estimate of drug-likeness (QED) is 0.568. The SMILES string of the molecule is CCOC(=O)C1=C(CN2CCN(S(=O)(=O)c3c(C)noc3C)CC2)NC(=O)N[C@H]1CC. The Balaban J connectivity index is 1.74. The van der Waals surface area contributed by atoms with Crippen LogP contribution < -0.4 is 10.6 Å². The fourth-order valence-electron chi connectivity index (χ4n) is 3.91. The number of hydrogen-bond acceptors (Lipinski definition) is 8. The maximum atomic E-state index is 13.0. The van der Waals surface area contributed by atoms with Gasteiger partial charge in [0, 0.05) is 38.4 Å². The smallest absolute Gasteiger partial charge is 0.337 e. The number of aryl methyl sites for hydroxylation is 2. The van der Waals surface area contributed by atoms with E-state index < -0.39 is 22.0 Å². The number of aromatic nitrogens is 1. The van der Waals surface area contributed by atoms with Gasteiger partial charge >= 0.3 is 12.0 Å². The summed E-state index contributed by atoms with van der Waals surface area (Å²) in [6, 6.07) is -0.793. The molecule has 0 saturated carbocycles. The van der Waals surface area contributed by atoms with Crippen molar-refractivity contribution in [3.8, 4) is 0 Å². The number of carbonyl (C=O) groups is 2. The highest BCUT2D eigenvalue weighted by atomic mass is 32.2. The lowest BCUT2D eigenvalue weighted by molar-refractivity contribution is -0.139. The summed E-state index contributed by atoms with van der Waals surface area (Å²) >= 11 is 0. The van der Waals surface area contributed by atoms with E-state index in [1.807, 2.05) is 11.8 Å².